The minimum Gasteiger partial charge on any atom is -0.399 e. The first kappa shape index (κ1) is 16.6. The monoisotopic (exact) mass is 380 g/mol. The molecular formula is C19H13ClN4OS. The Morgan fingerprint density at radius 1 is 1.15 bits per heavy atom. The summed E-state index contributed by atoms with van der Waals surface area (Å²) in [5.41, 5.74) is 8.75. The van der Waals surface area contributed by atoms with E-state index in [0.29, 0.717) is 26.5 Å². The normalized spacial score (nSPS) is 15.5. The number of nitrogen functional groups attached to an aromatic ring is 1. The fraction of sp³-hybridized carbons (Fsp3) is 0. The number of aromatic nitrogens is 1. The highest BCUT2D eigenvalue weighted by molar-refractivity contribution is 8.18. The number of hydrogen-bond acceptors (Lipinski definition) is 5. The van der Waals surface area contributed by atoms with Crippen molar-refractivity contribution in [3.8, 4) is 0 Å². The summed E-state index contributed by atoms with van der Waals surface area (Å²) in [5.74, 6) is -0.282. The van der Waals surface area contributed by atoms with Gasteiger partial charge in [0.15, 0.2) is 5.17 Å². The third kappa shape index (κ3) is 3.42. The molecule has 0 radical (unpaired) electrons. The molecule has 4 rings (SSSR count). The predicted molar refractivity (Wildman–Crippen MR) is 109 cm³/mol. The summed E-state index contributed by atoms with van der Waals surface area (Å²) in [6, 6.07) is 14.9. The molecule has 1 aliphatic heterocycles. The van der Waals surface area contributed by atoms with Gasteiger partial charge >= 0.3 is 0 Å². The molecular weight excluding hydrogens is 368 g/mol. The van der Waals surface area contributed by atoms with Gasteiger partial charge in [-0.05, 0) is 59.8 Å². The number of nitrogens with zero attached hydrogens (tertiary/aromatic N) is 2. The average Bonchev–Trinajstić information content (AvgIpc) is 2.96. The van der Waals surface area contributed by atoms with Gasteiger partial charge in [-0.25, -0.2) is 0 Å². The zero-order chi connectivity index (χ0) is 18.1. The van der Waals surface area contributed by atoms with E-state index >= 15 is 0 Å². The van der Waals surface area contributed by atoms with Crippen molar-refractivity contribution >= 4 is 62.8 Å². The van der Waals surface area contributed by atoms with Crippen molar-refractivity contribution < 1.29 is 4.79 Å². The summed E-state index contributed by atoms with van der Waals surface area (Å²) in [7, 11) is 0. The van der Waals surface area contributed by atoms with Gasteiger partial charge in [-0.2, -0.15) is 4.99 Å². The van der Waals surface area contributed by atoms with Crippen molar-refractivity contribution in [2.45, 2.75) is 0 Å². The molecule has 1 amide bonds. The van der Waals surface area contributed by atoms with Gasteiger partial charge in [0, 0.05) is 17.3 Å². The van der Waals surface area contributed by atoms with E-state index in [0.717, 1.165) is 16.5 Å². The van der Waals surface area contributed by atoms with Crippen molar-refractivity contribution in [3.63, 3.8) is 0 Å². The lowest BCUT2D eigenvalue weighted by Crippen LogP contribution is -2.05. The lowest BCUT2D eigenvalue weighted by Gasteiger charge is -2.07. The van der Waals surface area contributed by atoms with E-state index in [1.165, 1.54) is 11.8 Å². The first-order chi connectivity index (χ1) is 12.6. The number of anilines is 2. The van der Waals surface area contributed by atoms with Crippen LogP contribution in [0.1, 0.15) is 5.56 Å². The summed E-state index contributed by atoms with van der Waals surface area (Å²) >= 11 is 7.43. The third-order valence-corrected chi connectivity index (χ3v) is 4.99. The standard InChI is InChI=1S/C19H13ClN4OS/c20-14-10-13(21)4-6-16(14)23-19-24-18(25)17(26-19)9-11-3-5-15-12(8-11)2-1-7-22-15/h1-10H,21H2,(H,23,24,25). The second-order valence-corrected chi connectivity index (χ2v) is 7.09. The maximum atomic E-state index is 12.2. The summed E-state index contributed by atoms with van der Waals surface area (Å²) in [6.45, 7) is 0. The predicted octanol–water partition coefficient (Wildman–Crippen LogP) is 4.55. The molecule has 0 atom stereocenters. The Morgan fingerprint density at radius 2 is 2.04 bits per heavy atom. The van der Waals surface area contributed by atoms with Crippen LogP contribution in [0.5, 0.6) is 0 Å². The van der Waals surface area contributed by atoms with Crippen molar-refractivity contribution in [2.75, 3.05) is 11.1 Å². The first-order valence-electron chi connectivity index (χ1n) is 7.78. The van der Waals surface area contributed by atoms with Gasteiger partial charge in [0.2, 0.25) is 0 Å². The summed E-state index contributed by atoms with van der Waals surface area (Å²) in [4.78, 5) is 21.1. The van der Waals surface area contributed by atoms with Crippen LogP contribution in [-0.2, 0) is 4.79 Å². The molecule has 3 aromatic rings. The highest BCUT2D eigenvalue weighted by Gasteiger charge is 2.22. The molecule has 5 nitrogen and oxygen atoms in total. The molecule has 2 heterocycles. The number of halogens is 1. The van der Waals surface area contributed by atoms with E-state index in [9.17, 15) is 4.79 Å². The summed E-state index contributed by atoms with van der Waals surface area (Å²) in [5, 5.41) is 5.04. The Labute approximate surface area is 159 Å². The fourth-order valence-corrected chi connectivity index (χ4v) is 3.61. The molecule has 0 saturated carbocycles. The summed E-state index contributed by atoms with van der Waals surface area (Å²) in [6.07, 6.45) is 3.58. The van der Waals surface area contributed by atoms with Gasteiger partial charge < -0.3 is 11.1 Å². The number of hydrogen-bond donors (Lipinski definition) is 2. The molecule has 0 aliphatic carbocycles. The van der Waals surface area contributed by atoms with Gasteiger partial charge in [-0.1, -0.05) is 23.7 Å². The molecule has 7 heteroatoms. The number of nitrogens with one attached hydrogen (secondary N) is 1. The van der Waals surface area contributed by atoms with E-state index < -0.39 is 0 Å². The first-order valence-corrected chi connectivity index (χ1v) is 8.97. The lowest BCUT2D eigenvalue weighted by atomic mass is 10.1. The Kier molecular flexibility index (Phi) is 4.36. The fourth-order valence-electron chi connectivity index (χ4n) is 2.55. The molecule has 0 bridgehead atoms. The van der Waals surface area contributed by atoms with Gasteiger partial charge in [0.05, 0.1) is 21.1 Å². The van der Waals surface area contributed by atoms with Crippen LogP contribution < -0.4 is 11.1 Å². The van der Waals surface area contributed by atoms with Crippen molar-refractivity contribution in [1.82, 2.24) is 4.98 Å². The molecule has 0 saturated heterocycles. The average molecular weight is 381 g/mol. The molecule has 0 fully saturated rings. The smallest absolute Gasteiger partial charge is 0.286 e. The SMILES string of the molecule is Nc1ccc(NC2=NC(=O)C(=Cc3ccc4ncccc4c3)S2)c(Cl)c1. The maximum absolute atomic E-state index is 12.2. The largest absolute Gasteiger partial charge is 0.399 e. The highest BCUT2D eigenvalue weighted by Crippen LogP contribution is 2.32. The molecule has 2 aromatic carbocycles. The molecule has 3 N–H and O–H groups in total. The van der Waals surface area contributed by atoms with Gasteiger partial charge in [0.25, 0.3) is 5.91 Å². The number of carbonyl (C=O) groups is 1. The Hall–Kier alpha value is -2.83. The minimum absolute atomic E-state index is 0.282. The van der Waals surface area contributed by atoms with Crippen LogP contribution in [0.2, 0.25) is 5.02 Å². The van der Waals surface area contributed by atoms with Crippen LogP contribution in [-0.4, -0.2) is 16.1 Å². The van der Waals surface area contributed by atoms with Crippen LogP contribution >= 0.6 is 23.4 Å². The second kappa shape index (κ2) is 6.82. The van der Waals surface area contributed by atoms with E-state index in [4.69, 9.17) is 17.3 Å². The molecule has 128 valence electrons. The number of thioether (sulfide) groups is 1. The third-order valence-electron chi connectivity index (χ3n) is 3.78. The van der Waals surface area contributed by atoms with E-state index in [1.54, 1.807) is 24.4 Å². The minimum atomic E-state index is -0.282. The molecule has 0 spiro atoms. The van der Waals surface area contributed by atoms with Crippen LogP contribution in [0.4, 0.5) is 11.4 Å². The topological polar surface area (TPSA) is 80.4 Å². The number of amides is 1. The van der Waals surface area contributed by atoms with Crippen molar-refractivity contribution in [1.29, 1.82) is 0 Å². The van der Waals surface area contributed by atoms with Crippen LogP contribution in [0, 0.1) is 0 Å². The zero-order valence-electron chi connectivity index (χ0n) is 13.4. The number of fused-ring (bicyclic) bond motifs is 1. The quantitative estimate of drug-likeness (QED) is 0.503. The van der Waals surface area contributed by atoms with Crippen molar-refractivity contribution in [2.24, 2.45) is 4.99 Å². The highest BCUT2D eigenvalue weighted by atomic mass is 35.5. The number of nitrogens with two attached hydrogens (primary N) is 1. The molecule has 26 heavy (non-hydrogen) atoms. The molecule has 1 aromatic heterocycles. The van der Waals surface area contributed by atoms with Crippen LogP contribution in [0.3, 0.4) is 0 Å². The van der Waals surface area contributed by atoms with Crippen LogP contribution in [0.25, 0.3) is 17.0 Å². The Morgan fingerprint density at radius 3 is 2.88 bits per heavy atom. The maximum Gasteiger partial charge on any atom is 0.286 e. The number of aliphatic imine (C=N–C) groups is 1. The Bertz CT molecular complexity index is 1090. The van der Waals surface area contributed by atoms with Crippen LogP contribution in [0.15, 0.2) is 64.6 Å². The number of amidine groups is 1. The summed E-state index contributed by atoms with van der Waals surface area (Å²) < 4.78 is 0. The van der Waals surface area contributed by atoms with E-state index in [1.807, 2.05) is 36.4 Å². The second-order valence-electron chi connectivity index (χ2n) is 5.65. The number of carbonyl (C=O) groups excluding carboxylic acids is 1. The van der Waals surface area contributed by atoms with E-state index in [2.05, 4.69) is 15.3 Å². The van der Waals surface area contributed by atoms with Gasteiger partial charge in [-0.15, -0.1) is 0 Å². The number of pyridine rings is 1. The number of benzene rings is 2. The molecule has 1 aliphatic rings. The Balaban J connectivity index is 1.55. The van der Waals surface area contributed by atoms with E-state index in [-0.39, 0.29) is 5.91 Å². The van der Waals surface area contributed by atoms with Gasteiger partial charge in [-0.3, -0.25) is 9.78 Å². The number of rotatable bonds is 2. The van der Waals surface area contributed by atoms with Crippen molar-refractivity contribution in [3.05, 3.63) is 70.2 Å². The lowest BCUT2D eigenvalue weighted by molar-refractivity contribution is -0.113. The zero-order valence-corrected chi connectivity index (χ0v) is 15.0. The van der Waals surface area contributed by atoms with Gasteiger partial charge in [0.1, 0.15) is 0 Å². The molecule has 0 unspecified atom stereocenters.